The number of rotatable bonds is 7. The number of amides is 1. The molecule has 2 aromatic carbocycles. The molecule has 0 radical (unpaired) electrons. The molecule has 0 spiro atoms. The molecular formula is C43H47F3N6O6. The van der Waals surface area contributed by atoms with Crippen molar-refractivity contribution in [3.05, 3.63) is 47.7 Å². The van der Waals surface area contributed by atoms with Crippen molar-refractivity contribution in [1.82, 2.24) is 24.8 Å². The number of hydrogen-bond donors (Lipinski definition) is 0. The van der Waals surface area contributed by atoms with Gasteiger partial charge in [0.2, 0.25) is 0 Å². The maximum atomic E-state index is 17.4. The van der Waals surface area contributed by atoms with Crippen LogP contribution in [-0.4, -0.2) is 113 Å². The second-order valence-corrected chi connectivity index (χ2v) is 16.6. The number of carbonyl (C=O) groups is 2. The zero-order chi connectivity index (χ0) is 40.8. The zero-order valence-corrected chi connectivity index (χ0v) is 33.0. The van der Waals surface area contributed by atoms with Crippen LogP contribution < -0.4 is 14.4 Å². The van der Waals surface area contributed by atoms with Gasteiger partial charge in [-0.25, -0.2) is 22.8 Å². The number of carbonyl (C=O) groups excluding carboxylic acids is 2. The van der Waals surface area contributed by atoms with Crippen molar-refractivity contribution in [2.75, 3.05) is 57.4 Å². The Kier molecular flexibility index (Phi) is 10.8. The molecule has 0 N–H and O–H groups in total. The molecule has 0 bridgehead atoms. The lowest BCUT2D eigenvalue weighted by Crippen LogP contribution is -2.50. The van der Waals surface area contributed by atoms with Crippen LogP contribution in [0.1, 0.15) is 71.3 Å². The summed E-state index contributed by atoms with van der Waals surface area (Å²) in [6, 6.07) is 4.61. The Morgan fingerprint density at radius 3 is 2.71 bits per heavy atom. The summed E-state index contributed by atoms with van der Waals surface area (Å²) in [5, 5.41) is 0.850. The first kappa shape index (κ1) is 39.6. The molecule has 15 heteroatoms. The van der Waals surface area contributed by atoms with Crippen molar-refractivity contribution < 1.29 is 41.7 Å². The summed E-state index contributed by atoms with van der Waals surface area (Å²) in [7, 11) is 0. The molecule has 306 valence electrons. The van der Waals surface area contributed by atoms with Gasteiger partial charge in [-0.1, -0.05) is 12.0 Å². The molecule has 58 heavy (non-hydrogen) atoms. The van der Waals surface area contributed by atoms with Gasteiger partial charge in [0, 0.05) is 56.4 Å². The van der Waals surface area contributed by atoms with Gasteiger partial charge in [-0.3, -0.25) is 14.8 Å². The zero-order valence-electron chi connectivity index (χ0n) is 33.0. The predicted octanol–water partition coefficient (Wildman–Crippen LogP) is 6.98. The standard InChI is InChI=1S/C43H47F3N6O6/c1-5-29-32(45)12-11-26-20-28(57-41(54)52-16-7-6-10-33(52)39(53)58-42(2,3)4)21-30(34(26)29)36-35(46)37-31(23-47-36)38(50-14-9-18-55-19-17-50)49-40(48-37)56-25-43-13-8-15-51(43)24-27(44)22-43/h1,11-12,20-21,23,27,33H,6-10,13-19,22,24-25H2,2-4H3/t27-,33?,43+/m1/s1. The van der Waals surface area contributed by atoms with Crippen molar-refractivity contribution in [1.29, 1.82) is 0 Å². The lowest BCUT2D eigenvalue weighted by atomic mass is 9.95. The maximum absolute atomic E-state index is 17.4. The van der Waals surface area contributed by atoms with Crippen molar-refractivity contribution in [2.24, 2.45) is 0 Å². The van der Waals surface area contributed by atoms with E-state index in [1.165, 1.54) is 35.4 Å². The summed E-state index contributed by atoms with van der Waals surface area (Å²) in [6.45, 7) is 8.82. The molecule has 12 nitrogen and oxygen atoms in total. The fraction of sp³-hybridized carbons (Fsp3) is 0.512. The van der Waals surface area contributed by atoms with Crippen molar-refractivity contribution in [3.8, 4) is 35.4 Å². The molecule has 6 heterocycles. The van der Waals surface area contributed by atoms with Gasteiger partial charge >= 0.3 is 18.1 Å². The van der Waals surface area contributed by atoms with Gasteiger partial charge in [-0.2, -0.15) is 9.97 Å². The van der Waals surface area contributed by atoms with Gasteiger partial charge < -0.3 is 23.8 Å². The highest BCUT2D eigenvalue weighted by molar-refractivity contribution is 6.03. The molecule has 3 atom stereocenters. The van der Waals surface area contributed by atoms with E-state index in [1.54, 1.807) is 20.8 Å². The number of nitrogens with zero attached hydrogens (tertiary/aromatic N) is 6. The van der Waals surface area contributed by atoms with Crippen molar-refractivity contribution >= 4 is 39.6 Å². The van der Waals surface area contributed by atoms with Crippen LogP contribution >= 0.6 is 0 Å². The van der Waals surface area contributed by atoms with E-state index in [9.17, 15) is 14.0 Å². The molecule has 1 unspecified atom stereocenters. The van der Waals surface area contributed by atoms with Crippen LogP contribution in [0.4, 0.5) is 23.8 Å². The molecule has 4 aliphatic heterocycles. The van der Waals surface area contributed by atoms with Crippen LogP contribution in [0.5, 0.6) is 11.8 Å². The van der Waals surface area contributed by atoms with Crippen LogP contribution in [0.25, 0.3) is 32.9 Å². The summed E-state index contributed by atoms with van der Waals surface area (Å²) >= 11 is 0. The second-order valence-electron chi connectivity index (χ2n) is 16.6. The van der Waals surface area contributed by atoms with Crippen LogP contribution in [0, 0.1) is 24.0 Å². The minimum absolute atomic E-state index is 0.00282. The number of likely N-dealkylation sites (tertiary alicyclic amines) is 1. The largest absolute Gasteiger partial charge is 0.461 e. The molecule has 8 rings (SSSR count). The number of hydrogen-bond acceptors (Lipinski definition) is 11. The third-order valence-electron chi connectivity index (χ3n) is 11.5. The number of aromatic nitrogens is 3. The number of anilines is 1. The molecule has 0 aliphatic carbocycles. The maximum Gasteiger partial charge on any atom is 0.415 e. The predicted molar refractivity (Wildman–Crippen MR) is 211 cm³/mol. The molecule has 4 fully saturated rings. The molecular weight excluding hydrogens is 754 g/mol. The average Bonchev–Trinajstić information content (AvgIpc) is 3.57. The number of halogens is 3. The molecule has 4 aromatic rings. The summed E-state index contributed by atoms with van der Waals surface area (Å²) < 4.78 is 70.8. The summed E-state index contributed by atoms with van der Waals surface area (Å²) in [4.78, 5) is 46.3. The van der Waals surface area contributed by atoms with Crippen LogP contribution in [0.3, 0.4) is 0 Å². The molecule has 0 saturated carbocycles. The number of pyridine rings is 1. The van der Waals surface area contributed by atoms with Gasteiger partial charge in [-0.05, 0) is 89.4 Å². The van der Waals surface area contributed by atoms with Crippen LogP contribution in [0.2, 0.25) is 0 Å². The van der Waals surface area contributed by atoms with E-state index in [-0.39, 0.29) is 52.6 Å². The highest BCUT2D eigenvalue weighted by atomic mass is 19.1. The lowest BCUT2D eigenvalue weighted by molar-refractivity contribution is -0.161. The van der Waals surface area contributed by atoms with Gasteiger partial charge in [0.15, 0.2) is 5.82 Å². The Morgan fingerprint density at radius 2 is 1.90 bits per heavy atom. The van der Waals surface area contributed by atoms with E-state index >= 15 is 8.78 Å². The fourth-order valence-electron chi connectivity index (χ4n) is 8.84. The monoisotopic (exact) mass is 800 g/mol. The van der Waals surface area contributed by atoms with Gasteiger partial charge in [0.25, 0.3) is 0 Å². The molecule has 2 aromatic heterocycles. The molecule has 1 amide bonds. The molecule has 4 aliphatic rings. The highest BCUT2D eigenvalue weighted by Gasteiger charge is 2.49. The Labute approximate surface area is 335 Å². The Morgan fingerprint density at radius 1 is 1.05 bits per heavy atom. The van der Waals surface area contributed by atoms with E-state index in [4.69, 9.17) is 30.4 Å². The van der Waals surface area contributed by atoms with Crippen molar-refractivity contribution in [3.63, 3.8) is 0 Å². The van der Waals surface area contributed by atoms with E-state index < -0.39 is 47.1 Å². The number of fused-ring (bicyclic) bond motifs is 3. The fourth-order valence-corrected chi connectivity index (χ4v) is 8.84. The van der Waals surface area contributed by atoms with Gasteiger partial charge in [0.1, 0.15) is 53.0 Å². The topological polar surface area (TPSA) is 119 Å². The number of alkyl halides is 1. The first-order valence-electron chi connectivity index (χ1n) is 20.0. The van der Waals surface area contributed by atoms with E-state index in [1.807, 2.05) is 4.90 Å². The number of ether oxygens (including phenoxy) is 4. The Balaban J connectivity index is 1.21. The third-order valence-corrected chi connectivity index (χ3v) is 11.5. The first-order chi connectivity index (χ1) is 27.8. The van der Waals surface area contributed by atoms with E-state index in [0.29, 0.717) is 75.1 Å². The normalized spacial score (nSPS) is 22.8. The van der Waals surface area contributed by atoms with Gasteiger partial charge in [-0.15, -0.1) is 6.42 Å². The van der Waals surface area contributed by atoms with Crippen molar-refractivity contribution in [2.45, 2.75) is 89.1 Å². The minimum Gasteiger partial charge on any atom is -0.461 e. The second kappa shape index (κ2) is 15.9. The number of terminal acetylenes is 1. The quantitative estimate of drug-likeness (QED) is 0.142. The highest BCUT2D eigenvalue weighted by Crippen LogP contribution is 2.42. The average molecular weight is 801 g/mol. The van der Waals surface area contributed by atoms with E-state index in [2.05, 4.69) is 20.8 Å². The third kappa shape index (κ3) is 7.71. The number of benzene rings is 2. The lowest BCUT2D eigenvalue weighted by Gasteiger charge is -2.34. The smallest absolute Gasteiger partial charge is 0.415 e. The first-order valence-corrected chi connectivity index (χ1v) is 20.0. The minimum atomic E-state index is -0.964. The van der Waals surface area contributed by atoms with Crippen LogP contribution in [0.15, 0.2) is 30.5 Å². The summed E-state index contributed by atoms with van der Waals surface area (Å²) in [5.41, 5.74) is -1.66. The van der Waals surface area contributed by atoms with Gasteiger partial charge in [0.05, 0.1) is 23.1 Å². The van der Waals surface area contributed by atoms with E-state index in [0.717, 1.165) is 25.8 Å². The Bertz CT molecular complexity index is 2290. The number of piperidine rings is 1. The summed E-state index contributed by atoms with van der Waals surface area (Å²) in [5.74, 6) is 0.699. The Hall–Kier alpha value is -5.20. The molecule has 4 saturated heterocycles. The SMILES string of the molecule is C#Cc1c(F)ccc2cc(OC(=O)N3CCCCC3C(=O)OC(C)(C)C)cc(-c3ncc4c(N5CCCOCC5)nc(OC[C@@]56CCCN5C[C@H](F)C6)nc4c3F)c12. The summed E-state index contributed by atoms with van der Waals surface area (Å²) in [6.07, 6.45) is 10.0. The number of esters is 1. The van der Waals surface area contributed by atoms with Crippen LogP contribution in [-0.2, 0) is 14.3 Å².